The maximum absolute atomic E-state index is 14.2. The van der Waals surface area contributed by atoms with Gasteiger partial charge in [0.05, 0.1) is 0 Å². The number of benzene rings is 1. The fourth-order valence-corrected chi connectivity index (χ4v) is 5.78. The molecular formula is C25H33F7O. The normalized spacial score (nSPS) is 27.0. The van der Waals surface area contributed by atoms with E-state index in [9.17, 15) is 30.7 Å². The van der Waals surface area contributed by atoms with Crippen LogP contribution in [0.5, 0.6) is 0 Å². The predicted octanol–water partition coefficient (Wildman–Crippen LogP) is 9.21. The van der Waals surface area contributed by atoms with E-state index in [0.717, 1.165) is 43.2 Å². The number of ether oxygens (including phenoxy) is 1. The van der Waals surface area contributed by atoms with Gasteiger partial charge in [0.15, 0.2) is 0 Å². The summed E-state index contributed by atoms with van der Waals surface area (Å²) in [6.07, 6.45) is 2.46. The zero-order valence-corrected chi connectivity index (χ0v) is 19.0. The van der Waals surface area contributed by atoms with Gasteiger partial charge in [0, 0.05) is 0 Å². The van der Waals surface area contributed by atoms with E-state index in [1.165, 1.54) is 44.9 Å². The maximum Gasteiger partial charge on any atom is 0.527 e. The standard InChI is InChI=1S/C25H33F7O/c1-2-3-16-4-6-17(7-5-16)8-9-18-10-12-19(13-11-18)20-14-21(26)23(22(27)15-20)24(28,29)33-25(30,31)32/h14-19H,2-13H2,1H3. The molecule has 2 aliphatic rings. The monoisotopic (exact) mass is 482 g/mol. The van der Waals surface area contributed by atoms with E-state index in [-0.39, 0.29) is 11.5 Å². The van der Waals surface area contributed by atoms with Crippen molar-refractivity contribution in [3.05, 3.63) is 34.9 Å². The highest BCUT2D eigenvalue weighted by Crippen LogP contribution is 2.43. The van der Waals surface area contributed by atoms with Gasteiger partial charge in [0.25, 0.3) is 0 Å². The van der Waals surface area contributed by atoms with Crippen LogP contribution >= 0.6 is 0 Å². The summed E-state index contributed by atoms with van der Waals surface area (Å²) in [7, 11) is 0. The van der Waals surface area contributed by atoms with Crippen molar-refractivity contribution in [3.8, 4) is 0 Å². The van der Waals surface area contributed by atoms with Crippen molar-refractivity contribution < 1.29 is 35.5 Å². The molecule has 2 fully saturated rings. The summed E-state index contributed by atoms with van der Waals surface area (Å²) in [5.41, 5.74) is -1.80. The molecule has 0 heterocycles. The van der Waals surface area contributed by atoms with Crippen molar-refractivity contribution >= 4 is 0 Å². The first-order valence-electron chi connectivity index (χ1n) is 12.1. The molecule has 0 amide bonds. The molecule has 33 heavy (non-hydrogen) atoms. The summed E-state index contributed by atoms with van der Waals surface area (Å²) in [5.74, 6) is -1.42. The highest BCUT2D eigenvalue weighted by Gasteiger charge is 2.49. The summed E-state index contributed by atoms with van der Waals surface area (Å²) >= 11 is 0. The molecule has 188 valence electrons. The van der Waals surface area contributed by atoms with E-state index in [1.54, 1.807) is 0 Å². The molecule has 2 aliphatic carbocycles. The van der Waals surface area contributed by atoms with Crippen LogP contribution in [0.3, 0.4) is 0 Å². The maximum atomic E-state index is 14.2. The van der Waals surface area contributed by atoms with E-state index >= 15 is 0 Å². The summed E-state index contributed by atoms with van der Waals surface area (Å²) in [6.45, 7) is 2.23. The first kappa shape index (κ1) is 26.3. The molecule has 0 radical (unpaired) electrons. The topological polar surface area (TPSA) is 9.23 Å². The summed E-state index contributed by atoms with van der Waals surface area (Å²) in [5, 5.41) is 0. The summed E-state index contributed by atoms with van der Waals surface area (Å²) < 4.78 is 95.1. The number of halogens is 7. The molecular weight excluding hydrogens is 449 g/mol. The molecule has 3 rings (SSSR count). The lowest BCUT2D eigenvalue weighted by Gasteiger charge is -2.32. The second-order valence-electron chi connectivity index (χ2n) is 9.89. The minimum Gasteiger partial charge on any atom is -0.222 e. The minimum absolute atomic E-state index is 0.194. The summed E-state index contributed by atoms with van der Waals surface area (Å²) in [4.78, 5) is 0. The van der Waals surface area contributed by atoms with E-state index < -0.39 is 29.7 Å². The first-order valence-corrected chi connectivity index (χ1v) is 12.1. The molecule has 0 aromatic heterocycles. The highest BCUT2D eigenvalue weighted by atomic mass is 19.4. The third-order valence-corrected chi connectivity index (χ3v) is 7.56. The Labute approximate surface area is 191 Å². The van der Waals surface area contributed by atoms with E-state index in [0.29, 0.717) is 18.8 Å². The predicted molar refractivity (Wildman–Crippen MR) is 112 cm³/mol. The van der Waals surface area contributed by atoms with Gasteiger partial charge in [-0.3, -0.25) is 0 Å². The van der Waals surface area contributed by atoms with Crippen LogP contribution < -0.4 is 0 Å². The molecule has 0 bridgehead atoms. The van der Waals surface area contributed by atoms with Gasteiger partial charge >= 0.3 is 12.5 Å². The molecule has 0 saturated heterocycles. The molecule has 0 atom stereocenters. The van der Waals surface area contributed by atoms with Gasteiger partial charge in [-0.1, -0.05) is 58.3 Å². The number of rotatable bonds is 8. The van der Waals surface area contributed by atoms with Crippen LogP contribution in [0.1, 0.15) is 101 Å². The second-order valence-corrected chi connectivity index (χ2v) is 9.89. The van der Waals surface area contributed by atoms with Crippen LogP contribution in [0.4, 0.5) is 30.7 Å². The van der Waals surface area contributed by atoms with Crippen molar-refractivity contribution in [3.63, 3.8) is 0 Å². The van der Waals surface area contributed by atoms with Gasteiger partial charge in [-0.05, 0) is 67.1 Å². The Kier molecular flexibility index (Phi) is 8.73. The molecule has 0 N–H and O–H groups in total. The molecule has 1 aromatic rings. The number of hydrogen-bond donors (Lipinski definition) is 0. The van der Waals surface area contributed by atoms with Crippen LogP contribution in [0.15, 0.2) is 12.1 Å². The lowest BCUT2D eigenvalue weighted by Crippen LogP contribution is -2.30. The Bertz CT molecular complexity index is 738. The van der Waals surface area contributed by atoms with Crippen LogP contribution in [0.25, 0.3) is 0 Å². The Balaban J connectivity index is 1.51. The lowest BCUT2D eigenvalue weighted by atomic mass is 9.74. The third kappa shape index (κ3) is 7.33. The van der Waals surface area contributed by atoms with Crippen molar-refractivity contribution in [2.45, 2.75) is 102 Å². The Morgan fingerprint density at radius 2 is 1.15 bits per heavy atom. The minimum atomic E-state index is -5.73. The Hall–Kier alpha value is -1.31. The van der Waals surface area contributed by atoms with Gasteiger partial charge in [-0.15, -0.1) is 13.2 Å². The zero-order valence-electron chi connectivity index (χ0n) is 19.0. The van der Waals surface area contributed by atoms with Crippen molar-refractivity contribution in [1.29, 1.82) is 0 Å². The van der Waals surface area contributed by atoms with E-state index in [4.69, 9.17) is 0 Å². The van der Waals surface area contributed by atoms with Gasteiger partial charge < -0.3 is 0 Å². The average Bonchev–Trinajstić information content (AvgIpc) is 2.71. The largest absolute Gasteiger partial charge is 0.527 e. The van der Waals surface area contributed by atoms with Gasteiger partial charge in [-0.2, -0.15) is 8.78 Å². The van der Waals surface area contributed by atoms with E-state index in [2.05, 4.69) is 11.7 Å². The van der Waals surface area contributed by atoms with Crippen molar-refractivity contribution in [2.75, 3.05) is 0 Å². The Morgan fingerprint density at radius 1 is 0.727 bits per heavy atom. The van der Waals surface area contributed by atoms with Crippen LogP contribution in [-0.2, 0) is 10.8 Å². The smallest absolute Gasteiger partial charge is 0.222 e. The molecule has 1 aromatic carbocycles. The van der Waals surface area contributed by atoms with Crippen LogP contribution in [0.2, 0.25) is 0 Å². The summed E-state index contributed by atoms with van der Waals surface area (Å²) in [6, 6.07) is 1.46. The SMILES string of the molecule is CCCC1CCC(CCC2CCC(c3cc(F)c(C(F)(F)OC(F)(F)F)c(F)c3)CC2)CC1. The lowest BCUT2D eigenvalue weighted by molar-refractivity contribution is -0.432. The van der Waals surface area contributed by atoms with Crippen LogP contribution in [0, 0.1) is 29.4 Å². The van der Waals surface area contributed by atoms with Crippen LogP contribution in [-0.4, -0.2) is 6.36 Å². The average molecular weight is 483 g/mol. The fourth-order valence-electron chi connectivity index (χ4n) is 5.78. The van der Waals surface area contributed by atoms with Gasteiger partial charge in [0.1, 0.15) is 17.2 Å². The van der Waals surface area contributed by atoms with E-state index in [1.807, 2.05) is 0 Å². The Morgan fingerprint density at radius 3 is 1.58 bits per heavy atom. The second kappa shape index (κ2) is 11.0. The van der Waals surface area contributed by atoms with Crippen molar-refractivity contribution in [1.82, 2.24) is 0 Å². The fraction of sp³-hybridized carbons (Fsp3) is 0.760. The zero-order chi connectivity index (χ0) is 24.2. The quantitative estimate of drug-likeness (QED) is 0.336. The molecule has 2 saturated carbocycles. The van der Waals surface area contributed by atoms with Gasteiger partial charge in [0.2, 0.25) is 0 Å². The molecule has 0 unspecified atom stereocenters. The molecule has 0 aliphatic heterocycles. The number of hydrogen-bond acceptors (Lipinski definition) is 1. The highest BCUT2D eigenvalue weighted by molar-refractivity contribution is 5.31. The van der Waals surface area contributed by atoms with Crippen molar-refractivity contribution in [2.24, 2.45) is 17.8 Å². The first-order chi connectivity index (χ1) is 15.5. The number of alkyl halides is 5. The molecule has 1 nitrogen and oxygen atoms in total. The molecule has 0 spiro atoms. The van der Waals surface area contributed by atoms with Gasteiger partial charge in [-0.25, -0.2) is 13.5 Å². The molecule has 8 heteroatoms. The third-order valence-electron chi connectivity index (χ3n) is 7.56.